The highest BCUT2D eigenvalue weighted by atomic mass is 19.3. The molecule has 2 N–H and O–H groups in total. The molecule has 8 heteroatoms. The zero-order valence-corrected chi connectivity index (χ0v) is 14.0. The third-order valence-corrected chi connectivity index (χ3v) is 4.04. The molecular weight excluding hydrogens is 334 g/mol. The van der Waals surface area contributed by atoms with Crippen LogP contribution in [-0.2, 0) is 9.59 Å². The van der Waals surface area contributed by atoms with Crippen LogP contribution < -0.4 is 20.1 Å². The average molecular weight is 356 g/mol. The third kappa shape index (κ3) is 5.88. The summed E-state index contributed by atoms with van der Waals surface area (Å²) in [5, 5.41) is 5.33. The molecule has 0 heterocycles. The van der Waals surface area contributed by atoms with E-state index in [1.54, 1.807) is 0 Å². The molecule has 0 aliphatic heterocycles. The van der Waals surface area contributed by atoms with Gasteiger partial charge in [0.1, 0.15) is 0 Å². The van der Waals surface area contributed by atoms with E-state index in [0.717, 1.165) is 25.7 Å². The van der Waals surface area contributed by atoms with Crippen molar-refractivity contribution < 1.29 is 27.8 Å². The number of carbonyl (C=O) groups excluding carboxylic acids is 2. The Kier molecular flexibility index (Phi) is 6.97. The molecule has 0 unspecified atom stereocenters. The molecule has 1 saturated carbocycles. The first kappa shape index (κ1) is 19.0. The monoisotopic (exact) mass is 356 g/mol. The largest absolute Gasteiger partial charge is 0.493 e. The van der Waals surface area contributed by atoms with E-state index in [-0.39, 0.29) is 42.2 Å². The van der Waals surface area contributed by atoms with Crippen LogP contribution in [0, 0.1) is 5.92 Å². The molecule has 1 fully saturated rings. The van der Waals surface area contributed by atoms with Gasteiger partial charge >= 0.3 is 6.61 Å². The Bertz CT molecular complexity index is 604. The van der Waals surface area contributed by atoms with Crippen molar-refractivity contribution in [2.75, 3.05) is 19.0 Å². The molecule has 1 aromatic rings. The normalized spacial score (nSPS) is 14.4. The molecule has 1 aliphatic carbocycles. The fourth-order valence-electron chi connectivity index (χ4n) is 2.80. The van der Waals surface area contributed by atoms with Gasteiger partial charge in [0.25, 0.3) is 0 Å². The molecule has 0 saturated heterocycles. The fourth-order valence-corrected chi connectivity index (χ4v) is 2.80. The van der Waals surface area contributed by atoms with Gasteiger partial charge in [-0.15, -0.1) is 0 Å². The van der Waals surface area contributed by atoms with Gasteiger partial charge in [0.05, 0.1) is 7.11 Å². The Labute approximate surface area is 144 Å². The molecule has 25 heavy (non-hydrogen) atoms. The Hall–Kier alpha value is -2.38. The molecule has 0 aromatic heterocycles. The van der Waals surface area contributed by atoms with Crippen molar-refractivity contribution in [2.24, 2.45) is 5.92 Å². The second-order valence-corrected chi connectivity index (χ2v) is 5.81. The highest BCUT2D eigenvalue weighted by Crippen LogP contribution is 2.31. The topological polar surface area (TPSA) is 76.7 Å². The molecular formula is C17H22F2N2O4. The maximum atomic E-state index is 12.4. The van der Waals surface area contributed by atoms with E-state index in [9.17, 15) is 18.4 Å². The van der Waals surface area contributed by atoms with Crippen molar-refractivity contribution in [3.63, 3.8) is 0 Å². The van der Waals surface area contributed by atoms with Crippen molar-refractivity contribution in [3.05, 3.63) is 18.2 Å². The van der Waals surface area contributed by atoms with Gasteiger partial charge in [-0.1, -0.05) is 12.8 Å². The lowest BCUT2D eigenvalue weighted by Crippen LogP contribution is -2.32. The number of alkyl halides is 2. The molecule has 6 nitrogen and oxygen atoms in total. The average Bonchev–Trinajstić information content (AvgIpc) is 3.09. The lowest BCUT2D eigenvalue weighted by molar-refractivity contribution is -0.124. The Balaban J connectivity index is 1.82. The highest BCUT2D eigenvalue weighted by Gasteiger charge is 2.22. The lowest BCUT2D eigenvalue weighted by Gasteiger charge is -2.13. The smallest absolute Gasteiger partial charge is 0.387 e. The molecule has 0 atom stereocenters. The van der Waals surface area contributed by atoms with Crippen LogP contribution in [0.3, 0.4) is 0 Å². The van der Waals surface area contributed by atoms with Gasteiger partial charge in [-0.3, -0.25) is 9.59 Å². The van der Waals surface area contributed by atoms with Gasteiger partial charge in [-0.05, 0) is 25.0 Å². The number of benzene rings is 1. The first-order chi connectivity index (χ1) is 12.0. The van der Waals surface area contributed by atoms with Crippen molar-refractivity contribution >= 4 is 17.5 Å². The third-order valence-electron chi connectivity index (χ3n) is 4.04. The van der Waals surface area contributed by atoms with E-state index in [1.807, 2.05) is 0 Å². The lowest BCUT2D eigenvalue weighted by atomic mass is 10.1. The van der Waals surface area contributed by atoms with Crippen molar-refractivity contribution in [2.45, 2.75) is 38.7 Å². The van der Waals surface area contributed by atoms with Crippen LogP contribution in [0.15, 0.2) is 18.2 Å². The Morgan fingerprint density at radius 2 is 1.96 bits per heavy atom. The van der Waals surface area contributed by atoms with Crippen molar-refractivity contribution in [1.82, 2.24) is 5.32 Å². The van der Waals surface area contributed by atoms with Gasteiger partial charge in [0.2, 0.25) is 11.8 Å². The summed E-state index contributed by atoms with van der Waals surface area (Å²) in [5.74, 6) is -0.312. The molecule has 2 amide bonds. The summed E-state index contributed by atoms with van der Waals surface area (Å²) >= 11 is 0. The first-order valence-corrected chi connectivity index (χ1v) is 8.20. The maximum Gasteiger partial charge on any atom is 0.387 e. The summed E-state index contributed by atoms with van der Waals surface area (Å²) in [7, 11) is 1.33. The Morgan fingerprint density at radius 1 is 1.24 bits per heavy atom. The van der Waals surface area contributed by atoms with Crippen LogP contribution in [0.4, 0.5) is 14.5 Å². The van der Waals surface area contributed by atoms with Crippen molar-refractivity contribution in [1.29, 1.82) is 0 Å². The molecule has 2 rings (SSSR count). The number of rotatable bonds is 8. The maximum absolute atomic E-state index is 12.4. The van der Waals surface area contributed by atoms with E-state index in [1.165, 1.54) is 25.3 Å². The number of methoxy groups -OCH3 is 1. The van der Waals surface area contributed by atoms with Crippen LogP contribution in [0.2, 0.25) is 0 Å². The van der Waals surface area contributed by atoms with Crippen LogP contribution >= 0.6 is 0 Å². The minimum atomic E-state index is -2.99. The number of amides is 2. The molecule has 138 valence electrons. The SMILES string of the molecule is COc1ccc(NC(=O)CCNC(=O)C2CCCC2)cc1OC(F)F. The summed E-state index contributed by atoms with van der Waals surface area (Å²) in [6.07, 6.45) is 4.03. The first-order valence-electron chi connectivity index (χ1n) is 8.20. The zero-order valence-electron chi connectivity index (χ0n) is 14.0. The van der Waals surface area contributed by atoms with Crippen LogP contribution in [0.1, 0.15) is 32.1 Å². The van der Waals surface area contributed by atoms with Crippen molar-refractivity contribution in [3.8, 4) is 11.5 Å². The van der Waals surface area contributed by atoms with E-state index >= 15 is 0 Å². The van der Waals surface area contributed by atoms with Crippen LogP contribution in [0.25, 0.3) is 0 Å². The number of halogens is 2. The number of anilines is 1. The second kappa shape index (κ2) is 9.19. The minimum absolute atomic E-state index is 0.0117. The predicted molar refractivity (Wildman–Crippen MR) is 87.8 cm³/mol. The number of hydrogen-bond acceptors (Lipinski definition) is 4. The van der Waals surface area contributed by atoms with E-state index in [0.29, 0.717) is 5.69 Å². The number of nitrogens with one attached hydrogen (secondary N) is 2. The minimum Gasteiger partial charge on any atom is -0.493 e. The van der Waals surface area contributed by atoms with Gasteiger partial charge in [-0.2, -0.15) is 8.78 Å². The Morgan fingerprint density at radius 3 is 2.60 bits per heavy atom. The molecule has 1 aliphatic rings. The van der Waals surface area contributed by atoms with Crippen LogP contribution in [0.5, 0.6) is 11.5 Å². The van der Waals surface area contributed by atoms with Gasteiger partial charge in [-0.25, -0.2) is 0 Å². The van der Waals surface area contributed by atoms with Gasteiger partial charge < -0.3 is 20.1 Å². The number of ether oxygens (including phenoxy) is 2. The summed E-state index contributed by atoms with van der Waals surface area (Å²) in [4.78, 5) is 23.8. The van der Waals surface area contributed by atoms with Gasteiger partial charge in [0, 0.05) is 30.6 Å². The number of carbonyl (C=O) groups is 2. The number of hydrogen-bond donors (Lipinski definition) is 2. The quantitative estimate of drug-likeness (QED) is 0.751. The molecule has 0 spiro atoms. The highest BCUT2D eigenvalue weighted by molar-refractivity contribution is 5.91. The van der Waals surface area contributed by atoms with Crippen LogP contribution in [-0.4, -0.2) is 32.1 Å². The van der Waals surface area contributed by atoms with E-state index in [4.69, 9.17) is 4.74 Å². The summed E-state index contributed by atoms with van der Waals surface area (Å²) in [6, 6.07) is 4.21. The van der Waals surface area contributed by atoms with E-state index < -0.39 is 6.61 Å². The standard InChI is InChI=1S/C17H22F2N2O4/c1-24-13-7-6-12(10-14(13)25-17(18)19)21-15(22)8-9-20-16(23)11-4-2-3-5-11/h6-7,10-11,17H,2-5,8-9H2,1H3,(H,20,23)(H,21,22). The summed E-state index contributed by atoms with van der Waals surface area (Å²) in [5.41, 5.74) is 0.309. The zero-order chi connectivity index (χ0) is 18.2. The molecule has 0 radical (unpaired) electrons. The van der Waals surface area contributed by atoms with E-state index in [2.05, 4.69) is 15.4 Å². The fraction of sp³-hybridized carbons (Fsp3) is 0.529. The molecule has 0 bridgehead atoms. The predicted octanol–water partition coefficient (Wildman–Crippen LogP) is 2.93. The summed E-state index contributed by atoms with van der Waals surface area (Å²) < 4.78 is 34.1. The molecule has 1 aromatic carbocycles. The second-order valence-electron chi connectivity index (χ2n) is 5.81. The van der Waals surface area contributed by atoms with Gasteiger partial charge in [0.15, 0.2) is 11.5 Å². The summed E-state index contributed by atoms with van der Waals surface area (Å²) in [6.45, 7) is -2.76.